The Morgan fingerprint density at radius 2 is 2.05 bits per heavy atom. The molecule has 2 rings (SSSR count). The van der Waals surface area contributed by atoms with Gasteiger partial charge in [-0.15, -0.1) is 0 Å². The number of hydrogen-bond donors (Lipinski definition) is 2. The summed E-state index contributed by atoms with van der Waals surface area (Å²) in [5, 5.41) is 4.89. The third-order valence-electron chi connectivity index (χ3n) is 3.36. The van der Waals surface area contributed by atoms with Crippen LogP contribution in [0.15, 0.2) is 46.7 Å². The van der Waals surface area contributed by atoms with E-state index in [0.29, 0.717) is 6.42 Å². The summed E-state index contributed by atoms with van der Waals surface area (Å²) in [5.74, 6) is -0.996. The number of nitrogens with one attached hydrogen (secondary N) is 2. The van der Waals surface area contributed by atoms with E-state index in [4.69, 9.17) is 0 Å². The first-order valence-electron chi connectivity index (χ1n) is 6.82. The van der Waals surface area contributed by atoms with Crippen molar-refractivity contribution in [3.63, 3.8) is 0 Å². The summed E-state index contributed by atoms with van der Waals surface area (Å²) in [5.41, 5.74) is 1.32. The Hall–Kier alpha value is -2.28. The van der Waals surface area contributed by atoms with Crippen molar-refractivity contribution in [3.05, 3.63) is 41.8 Å². The Balaban J connectivity index is 1.92. The van der Waals surface area contributed by atoms with Gasteiger partial charge in [-0.1, -0.05) is 36.9 Å². The zero-order chi connectivity index (χ0) is 16.2. The Morgan fingerprint density at radius 3 is 2.64 bits per heavy atom. The molecule has 0 bridgehead atoms. The summed E-state index contributed by atoms with van der Waals surface area (Å²) in [4.78, 5) is 36.6. The first kappa shape index (κ1) is 16.1. The maximum absolute atomic E-state index is 12.1. The predicted octanol–water partition coefficient (Wildman–Crippen LogP) is 2.04. The summed E-state index contributed by atoms with van der Waals surface area (Å²) < 4.78 is 0. The molecular weight excluding hydrogens is 302 g/mol. The molecule has 0 radical (unpaired) electrons. The molecule has 6 nitrogen and oxygen atoms in total. The van der Waals surface area contributed by atoms with E-state index in [1.165, 1.54) is 17.8 Å². The second-order valence-electron chi connectivity index (χ2n) is 4.97. The van der Waals surface area contributed by atoms with Gasteiger partial charge in [-0.3, -0.25) is 15.0 Å². The number of rotatable bonds is 5. The molecule has 1 heterocycles. The standard InChI is InChI=1S/C15H17N3O3S/c1-3-15(2)13(20)18(14(21)16-15)17-12(19)9-10-22-11-7-5-4-6-8-11/h4-10H,3H2,1-2H3,(H,16,21)(H,17,19)/b10-9+. The van der Waals surface area contributed by atoms with Gasteiger partial charge in [0.1, 0.15) is 5.54 Å². The highest BCUT2D eigenvalue weighted by atomic mass is 32.2. The lowest BCUT2D eigenvalue weighted by atomic mass is 10.00. The lowest BCUT2D eigenvalue weighted by molar-refractivity contribution is -0.137. The van der Waals surface area contributed by atoms with Crippen LogP contribution in [0.3, 0.4) is 0 Å². The molecule has 0 aliphatic carbocycles. The van der Waals surface area contributed by atoms with E-state index in [2.05, 4.69) is 10.7 Å². The molecule has 4 amide bonds. The van der Waals surface area contributed by atoms with Crippen LogP contribution in [0.25, 0.3) is 0 Å². The van der Waals surface area contributed by atoms with Gasteiger partial charge in [0.15, 0.2) is 0 Å². The number of nitrogens with zero attached hydrogens (tertiary/aromatic N) is 1. The Morgan fingerprint density at radius 1 is 1.36 bits per heavy atom. The third-order valence-corrected chi connectivity index (χ3v) is 4.17. The third kappa shape index (κ3) is 3.48. The summed E-state index contributed by atoms with van der Waals surface area (Å²) in [6, 6.07) is 8.91. The smallest absolute Gasteiger partial charge is 0.322 e. The number of thioether (sulfide) groups is 1. The van der Waals surface area contributed by atoms with Crippen LogP contribution in [0, 0.1) is 0 Å². The van der Waals surface area contributed by atoms with Crippen LogP contribution >= 0.6 is 11.8 Å². The molecule has 116 valence electrons. The monoisotopic (exact) mass is 319 g/mol. The molecule has 1 saturated heterocycles. The fourth-order valence-electron chi connectivity index (χ4n) is 1.85. The molecule has 1 aromatic rings. The van der Waals surface area contributed by atoms with Crippen molar-refractivity contribution < 1.29 is 14.4 Å². The van der Waals surface area contributed by atoms with Gasteiger partial charge in [-0.2, -0.15) is 5.01 Å². The van der Waals surface area contributed by atoms with Gasteiger partial charge in [0.05, 0.1) is 0 Å². The molecule has 2 N–H and O–H groups in total. The molecule has 1 unspecified atom stereocenters. The average Bonchev–Trinajstić information content (AvgIpc) is 2.72. The van der Waals surface area contributed by atoms with Gasteiger partial charge in [0.2, 0.25) is 0 Å². The van der Waals surface area contributed by atoms with Crippen molar-refractivity contribution in [2.45, 2.75) is 30.7 Å². The van der Waals surface area contributed by atoms with Gasteiger partial charge < -0.3 is 5.32 Å². The molecule has 7 heteroatoms. The highest BCUT2D eigenvalue weighted by Crippen LogP contribution is 2.20. The number of hydrazine groups is 1. The molecule has 0 spiro atoms. The lowest BCUT2D eigenvalue weighted by Gasteiger charge is -2.18. The molecule has 1 aromatic carbocycles. The van der Waals surface area contributed by atoms with E-state index in [1.54, 1.807) is 19.3 Å². The van der Waals surface area contributed by atoms with Crippen LogP contribution in [0.2, 0.25) is 0 Å². The van der Waals surface area contributed by atoms with Crippen molar-refractivity contribution >= 4 is 29.6 Å². The van der Waals surface area contributed by atoms with E-state index in [-0.39, 0.29) is 0 Å². The van der Waals surface area contributed by atoms with Crippen molar-refractivity contribution in [1.82, 2.24) is 15.8 Å². The number of urea groups is 1. The van der Waals surface area contributed by atoms with Crippen molar-refractivity contribution in [2.75, 3.05) is 0 Å². The molecule has 1 aliphatic heterocycles. The molecule has 0 aromatic heterocycles. The number of carbonyl (C=O) groups is 3. The highest BCUT2D eigenvalue weighted by molar-refractivity contribution is 8.02. The Kier molecular flexibility index (Phi) is 4.87. The van der Waals surface area contributed by atoms with Crippen LogP contribution in [0.4, 0.5) is 4.79 Å². The second-order valence-corrected chi connectivity index (χ2v) is 5.95. The van der Waals surface area contributed by atoms with Crippen molar-refractivity contribution in [2.24, 2.45) is 0 Å². The SMILES string of the molecule is CCC1(C)NC(=O)N(NC(=O)/C=C/Sc2ccccc2)C1=O. The zero-order valence-electron chi connectivity index (χ0n) is 12.3. The van der Waals surface area contributed by atoms with E-state index >= 15 is 0 Å². The number of carbonyl (C=O) groups excluding carboxylic acids is 3. The van der Waals surface area contributed by atoms with Crippen LogP contribution in [-0.4, -0.2) is 28.4 Å². The molecule has 22 heavy (non-hydrogen) atoms. The van der Waals surface area contributed by atoms with Gasteiger partial charge in [-0.05, 0) is 30.9 Å². The summed E-state index contributed by atoms with van der Waals surface area (Å²) in [6.45, 7) is 3.42. The molecule has 1 atom stereocenters. The number of hydrogen-bond acceptors (Lipinski definition) is 4. The number of amides is 4. The van der Waals surface area contributed by atoms with Crippen molar-refractivity contribution in [1.29, 1.82) is 0 Å². The van der Waals surface area contributed by atoms with Gasteiger partial charge in [-0.25, -0.2) is 4.79 Å². The lowest BCUT2D eigenvalue weighted by Crippen LogP contribution is -2.48. The molecule has 1 aliphatic rings. The summed E-state index contributed by atoms with van der Waals surface area (Å²) >= 11 is 1.37. The Bertz CT molecular complexity index is 618. The number of benzene rings is 1. The normalized spacial score (nSPS) is 21.3. The maximum atomic E-state index is 12.1. The van der Waals surface area contributed by atoms with E-state index in [1.807, 2.05) is 30.3 Å². The van der Waals surface area contributed by atoms with E-state index < -0.39 is 23.4 Å². The predicted molar refractivity (Wildman–Crippen MR) is 83.7 cm³/mol. The molecular formula is C15H17N3O3S. The first-order chi connectivity index (χ1) is 10.5. The minimum absolute atomic E-state index is 0.448. The second kappa shape index (κ2) is 6.65. The number of imide groups is 1. The minimum atomic E-state index is -0.965. The van der Waals surface area contributed by atoms with E-state index in [9.17, 15) is 14.4 Å². The fraction of sp³-hybridized carbons (Fsp3) is 0.267. The quantitative estimate of drug-likeness (QED) is 0.494. The highest BCUT2D eigenvalue weighted by Gasteiger charge is 2.47. The first-order valence-corrected chi connectivity index (χ1v) is 7.70. The maximum Gasteiger partial charge on any atom is 0.344 e. The molecule has 1 fully saturated rings. The zero-order valence-corrected chi connectivity index (χ0v) is 13.1. The van der Waals surface area contributed by atoms with Crippen LogP contribution < -0.4 is 10.7 Å². The van der Waals surface area contributed by atoms with Gasteiger partial charge >= 0.3 is 6.03 Å². The van der Waals surface area contributed by atoms with Crippen LogP contribution in [-0.2, 0) is 9.59 Å². The fourth-order valence-corrected chi connectivity index (χ4v) is 2.51. The Labute approximate surface area is 132 Å². The van der Waals surface area contributed by atoms with Gasteiger partial charge in [0.25, 0.3) is 11.8 Å². The van der Waals surface area contributed by atoms with Gasteiger partial charge in [0, 0.05) is 11.0 Å². The van der Waals surface area contributed by atoms with Crippen LogP contribution in [0.1, 0.15) is 20.3 Å². The van der Waals surface area contributed by atoms with Crippen molar-refractivity contribution in [3.8, 4) is 0 Å². The minimum Gasteiger partial charge on any atom is -0.322 e. The average molecular weight is 319 g/mol. The summed E-state index contributed by atoms with van der Waals surface area (Å²) in [7, 11) is 0. The topological polar surface area (TPSA) is 78.5 Å². The van der Waals surface area contributed by atoms with E-state index in [0.717, 1.165) is 9.90 Å². The molecule has 0 saturated carbocycles. The van der Waals surface area contributed by atoms with Crippen LogP contribution in [0.5, 0.6) is 0 Å². The largest absolute Gasteiger partial charge is 0.344 e. The summed E-state index contributed by atoms with van der Waals surface area (Å²) in [6.07, 6.45) is 1.73.